The smallest absolute Gasteiger partial charge is 0.182 e. The molecule has 0 N–H and O–H groups in total. The van der Waals surface area contributed by atoms with Crippen LogP contribution in [-0.2, 0) is 9.84 Å². The van der Waals surface area contributed by atoms with Gasteiger partial charge in [0.25, 0.3) is 0 Å². The van der Waals surface area contributed by atoms with Gasteiger partial charge in [-0.3, -0.25) is 0 Å². The fraction of sp³-hybridized carbons (Fsp3) is 0.588. The Labute approximate surface area is 127 Å². The summed E-state index contributed by atoms with van der Waals surface area (Å²) in [6.45, 7) is 4.17. The number of sulfone groups is 1. The molecule has 2 atom stereocenters. The van der Waals surface area contributed by atoms with Gasteiger partial charge in [-0.15, -0.1) is 0 Å². The summed E-state index contributed by atoms with van der Waals surface area (Å²) in [4.78, 5) is 0.360. The number of rotatable bonds is 3. The van der Waals surface area contributed by atoms with Gasteiger partial charge in [-0.1, -0.05) is 45.2 Å². The van der Waals surface area contributed by atoms with Gasteiger partial charge in [0.1, 0.15) is 0 Å². The van der Waals surface area contributed by atoms with Crippen molar-refractivity contribution in [1.82, 2.24) is 0 Å². The van der Waals surface area contributed by atoms with Crippen LogP contribution in [0, 0.1) is 17.2 Å². The van der Waals surface area contributed by atoms with Crippen LogP contribution >= 0.6 is 0 Å². The van der Waals surface area contributed by atoms with Gasteiger partial charge in [0.05, 0.1) is 22.1 Å². The highest BCUT2D eigenvalue weighted by molar-refractivity contribution is 7.92. The summed E-state index contributed by atoms with van der Waals surface area (Å²) in [6.07, 6.45) is 4.18. The normalized spacial score (nSPS) is 23.5. The highest BCUT2D eigenvalue weighted by Crippen LogP contribution is 2.32. The lowest BCUT2D eigenvalue weighted by atomic mass is 10.0. The van der Waals surface area contributed by atoms with E-state index in [1.165, 1.54) is 0 Å². The molecule has 1 aliphatic rings. The first-order chi connectivity index (χ1) is 9.96. The lowest BCUT2D eigenvalue weighted by molar-refractivity contribution is 0.523. The molecule has 0 amide bonds. The molecule has 1 aliphatic carbocycles. The van der Waals surface area contributed by atoms with Crippen LogP contribution < -0.4 is 0 Å². The third-order valence-corrected chi connectivity index (χ3v) is 6.68. The van der Waals surface area contributed by atoms with Crippen molar-refractivity contribution in [2.45, 2.75) is 62.0 Å². The van der Waals surface area contributed by atoms with E-state index in [0.29, 0.717) is 23.7 Å². The predicted octanol–water partition coefficient (Wildman–Crippen LogP) is 4.06. The van der Waals surface area contributed by atoms with Gasteiger partial charge >= 0.3 is 0 Å². The van der Waals surface area contributed by atoms with Crippen LogP contribution in [0.3, 0.4) is 0 Å². The average molecular weight is 305 g/mol. The number of hydrogen-bond acceptors (Lipinski definition) is 3. The van der Waals surface area contributed by atoms with E-state index in [9.17, 15) is 13.7 Å². The fourth-order valence-electron chi connectivity index (χ4n) is 3.01. The maximum absolute atomic E-state index is 12.8. The molecule has 1 saturated carbocycles. The van der Waals surface area contributed by atoms with Crippen LogP contribution in [0.4, 0.5) is 0 Å². The van der Waals surface area contributed by atoms with Crippen molar-refractivity contribution in [2.75, 3.05) is 0 Å². The van der Waals surface area contributed by atoms with E-state index in [0.717, 1.165) is 24.8 Å². The van der Waals surface area contributed by atoms with Gasteiger partial charge in [-0.2, -0.15) is 5.26 Å². The Hall–Kier alpha value is -1.34. The molecule has 0 radical (unpaired) electrons. The number of nitrogens with zero attached hydrogens (tertiary/aromatic N) is 1. The molecule has 2 unspecified atom stereocenters. The van der Waals surface area contributed by atoms with E-state index < -0.39 is 15.1 Å². The molecular weight excluding hydrogens is 282 g/mol. The molecule has 1 aromatic rings. The van der Waals surface area contributed by atoms with Crippen LogP contribution in [0.25, 0.3) is 0 Å². The summed E-state index contributed by atoms with van der Waals surface area (Å²) in [7, 11) is -3.41. The number of nitriles is 1. The Balaban J connectivity index is 2.33. The largest absolute Gasteiger partial charge is 0.223 e. The summed E-state index contributed by atoms with van der Waals surface area (Å²) in [5.74, 6) is 0.00812. The highest BCUT2D eigenvalue weighted by atomic mass is 32.2. The molecule has 0 aromatic heterocycles. The predicted molar refractivity (Wildman–Crippen MR) is 83.7 cm³/mol. The Morgan fingerprint density at radius 3 is 2.29 bits per heavy atom. The third-order valence-electron chi connectivity index (χ3n) is 4.39. The number of hydrogen-bond donors (Lipinski definition) is 0. The van der Waals surface area contributed by atoms with Crippen LogP contribution in [0.1, 0.15) is 57.4 Å². The van der Waals surface area contributed by atoms with Crippen LogP contribution in [0.15, 0.2) is 29.2 Å². The van der Waals surface area contributed by atoms with Crippen molar-refractivity contribution in [3.8, 4) is 6.07 Å². The zero-order valence-corrected chi connectivity index (χ0v) is 13.6. The van der Waals surface area contributed by atoms with Crippen LogP contribution in [-0.4, -0.2) is 13.7 Å². The maximum atomic E-state index is 12.8. The molecule has 1 aromatic carbocycles. The minimum Gasteiger partial charge on any atom is -0.223 e. The molecule has 0 heterocycles. The standard InChI is InChI=1S/C17H23NO2S/c1-13(2)14-8-10-16(11-9-14)21(19,20)17-7-5-3-4-6-15(17)12-18/h8-11,13,15,17H,3-7H2,1-2H3. The summed E-state index contributed by atoms with van der Waals surface area (Å²) < 4.78 is 25.7. The minimum atomic E-state index is -3.41. The molecule has 2 rings (SSSR count). The topological polar surface area (TPSA) is 57.9 Å². The van der Waals surface area contributed by atoms with Gasteiger partial charge in [0.2, 0.25) is 0 Å². The van der Waals surface area contributed by atoms with Crippen molar-refractivity contribution in [2.24, 2.45) is 5.92 Å². The van der Waals surface area contributed by atoms with Crippen LogP contribution in [0.2, 0.25) is 0 Å². The average Bonchev–Trinajstić information content (AvgIpc) is 2.72. The second-order valence-corrected chi connectivity index (χ2v) is 8.35. The molecule has 0 bridgehead atoms. The molecule has 0 spiro atoms. The van der Waals surface area contributed by atoms with E-state index >= 15 is 0 Å². The molecule has 0 saturated heterocycles. The van der Waals surface area contributed by atoms with Crippen molar-refractivity contribution in [1.29, 1.82) is 5.26 Å². The molecule has 3 nitrogen and oxygen atoms in total. The van der Waals surface area contributed by atoms with Gasteiger partial charge in [-0.05, 0) is 36.5 Å². The molecule has 114 valence electrons. The molecular formula is C17H23NO2S. The van der Waals surface area contributed by atoms with Crippen molar-refractivity contribution < 1.29 is 8.42 Å². The van der Waals surface area contributed by atoms with Crippen LogP contribution in [0.5, 0.6) is 0 Å². The zero-order chi connectivity index (χ0) is 15.5. The van der Waals surface area contributed by atoms with E-state index in [2.05, 4.69) is 19.9 Å². The zero-order valence-electron chi connectivity index (χ0n) is 12.7. The Morgan fingerprint density at radius 2 is 1.71 bits per heavy atom. The fourth-order valence-corrected chi connectivity index (χ4v) is 4.98. The first-order valence-electron chi connectivity index (χ1n) is 7.70. The van der Waals surface area contributed by atoms with E-state index in [4.69, 9.17) is 0 Å². The van der Waals surface area contributed by atoms with E-state index in [1.54, 1.807) is 12.1 Å². The third kappa shape index (κ3) is 3.47. The van der Waals surface area contributed by atoms with Crippen molar-refractivity contribution in [3.63, 3.8) is 0 Å². The Kier molecular flexibility index (Phi) is 5.05. The molecule has 21 heavy (non-hydrogen) atoms. The van der Waals surface area contributed by atoms with Gasteiger partial charge < -0.3 is 0 Å². The summed E-state index contributed by atoms with van der Waals surface area (Å²) >= 11 is 0. The van der Waals surface area contributed by atoms with Gasteiger partial charge in [0.15, 0.2) is 9.84 Å². The number of benzene rings is 1. The maximum Gasteiger partial charge on any atom is 0.182 e. The molecule has 4 heteroatoms. The van der Waals surface area contributed by atoms with Gasteiger partial charge in [0, 0.05) is 0 Å². The SMILES string of the molecule is CC(C)c1ccc(S(=O)(=O)C2CCCCCC2C#N)cc1. The Morgan fingerprint density at radius 1 is 1.10 bits per heavy atom. The monoisotopic (exact) mass is 305 g/mol. The van der Waals surface area contributed by atoms with Gasteiger partial charge in [-0.25, -0.2) is 8.42 Å². The summed E-state index contributed by atoms with van der Waals surface area (Å²) in [6, 6.07) is 9.39. The van der Waals surface area contributed by atoms with Crippen molar-refractivity contribution in [3.05, 3.63) is 29.8 Å². The van der Waals surface area contributed by atoms with E-state index in [-0.39, 0.29) is 5.92 Å². The molecule has 1 fully saturated rings. The summed E-state index contributed by atoms with van der Waals surface area (Å²) in [5.41, 5.74) is 1.13. The van der Waals surface area contributed by atoms with Crippen molar-refractivity contribution >= 4 is 9.84 Å². The lowest BCUT2D eigenvalue weighted by Gasteiger charge is -2.20. The molecule has 0 aliphatic heterocycles. The first-order valence-corrected chi connectivity index (χ1v) is 9.25. The minimum absolute atomic E-state index is 0.360. The lowest BCUT2D eigenvalue weighted by Crippen LogP contribution is -2.28. The summed E-state index contributed by atoms with van der Waals surface area (Å²) in [5, 5.41) is 8.75. The highest BCUT2D eigenvalue weighted by Gasteiger charge is 2.35. The van der Waals surface area contributed by atoms with E-state index in [1.807, 2.05) is 12.1 Å². The Bertz CT molecular complexity index is 611. The second kappa shape index (κ2) is 6.62. The second-order valence-electron chi connectivity index (χ2n) is 6.18. The quantitative estimate of drug-likeness (QED) is 0.791. The first kappa shape index (κ1) is 16.0.